The average Bonchev–Trinajstić information content (AvgIpc) is 3.12. The molecule has 0 amide bonds. The Balaban J connectivity index is 2.00. The molecule has 1 saturated carbocycles. The summed E-state index contributed by atoms with van der Waals surface area (Å²) in [5.41, 5.74) is -5.53. The fraction of sp³-hybridized carbons (Fsp3) is 0.444. The van der Waals surface area contributed by atoms with Crippen LogP contribution < -0.4 is 10.6 Å². The number of nitrogens with one attached hydrogen (secondary N) is 2. The summed E-state index contributed by atoms with van der Waals surface area (Å²) in [7, 11) is 0. The summed E-state index contributed by atoms with van der Waals surface area (Å²) < 4.78 is 118. The molecule has 13 heteroatoms. The summed E-state index contributed by atoms with van der Waals surface area (Å²) >= 11 is 0. The number of hydrogen-bond donors (Lipinski definition) is 2. The lowest BCUT2D eigenvalue weighted by Gasteiger charge is -2.18. The van der Waals surface area contributed by atoms with E-state index in [1.807, 2.05) is 0 Å². The SMILES string of the molecule is FC(F)(F)c1ccc(Nc2cc(C(F)(F)F)nc(NC3CCCC3)n2)c(C(F)(F)F)c1. The van der Waals surface area contributed by atoms with Gasteiger partial charge in [0.05, 0.1) is 16.8 Å². The van der Waals surface area contributed by atoms with E-state index in [9.17, 15) is 39.5 Å². The number of anilines is 3. The molecule has 1 aliphatic rings. The predicted octanol–water partition coefficient (Wildman–Crippen LogP) is 6.63. The number of aromatic nitrogens is 2. The van der Waals surface area contributed by atoms with Crippen LogP contribution in [0.1, 0.15) is 42.5 Å². The average molecular weight is 458 g/mol. The first-order valence-electron chi connectivity index (χ1n) is 9.02. The van der Waals surface area contributed by atoms with Gasteiger partial charge < -0.3 is 10.6 Å². The van der Waals surface area contributed by atoms with Gasteiger partial charge in [-0.2, -0.15) is 44.5 Å². The van der Waals surface area contributed by atoms with Crippen LogP contribution in [-0.4, -0.2) is 16.0 Å². The van der Waals surface area contributed by atoms with E-state index in [1.54, 1.807) is 0 Å². The minimum absolute atomic E-state index is 0.119. The molecule has 0 aliphatic heterocycles. The van der Waals surface area contributed by atoms with Crippen molar-refractivity contribution in [2.75, 3.05) is 10.6 Å². The summed E-state index contributed by atoms with van der Waals surface area (Å²) in [6.07, 6.45) is -12.1. The van der Waals surface area contributed by atoms with Gasteiger partial charge in [-0.15, -0.1) is 0 Å². The summed E-state index contributed by atoms with van der Waals surface area (Å²) in [4.78, 5) is 7.15. The Labute approximate surface area is 169 Å². The van der Waals surface area contributed by atoms with Crippen molar-refractivity contribution in [1.82, 2.24) is 9.97 Å². The lowest BCUT2D eigenvalue weighted by molar-refractivity contribution is -0.143. The fourth-order valence-corrected chi connectivity index (χ4v) is 3.18. The highest BCUT2D eigenvalue weighted by molar-refractivity contribution is 5.63. The second-order valence-electron chi connectivity index (χ2n) is 6.97. The van der Waals surface area contributed by atoms with Crippen molar-refractivity contribution in [2.45, 2.75) is 50.3 Å². The van der Waals surface area contributed by atoms with E-state index in [2.05, 4.69) is 20.6 Å². The van der Waals surface area contributed by atoms with Gasteiger partial charge >= 0.3 is 18.5 Å². The molecule has 1 aromatic carbocycles. The maximum absolute atomic E-state index is 13.3. The Bertz CT molecular complexity index is 929. The zero-order valence-electron chi connectivity index (χ0n) is 15.5. The Hall–Kier alpha value is -2.73. The normalized spacial score (nSPS) is 15.9. The molecule has 2 N–H and O–H groups in total. The van der Waals surface area contributed by atoms with E-state index in [4.69, 9.17) is 0 Å². The lowest BCUT2D eigenvalue weighted by atomic mass is 10.1. The van der Waals surface area contributed by atoms with Crippen LogP contribution >= 0.6 is 0 Å². The largest absolute Gasteiger partial charge is 0.433 e. The van der Waals surface area contributed by atoms with Gasteiger partial charge in [-0.05, 0) is 31.0 Å². The molecular weight excluding hydrogens is 443 g/mol. The predicted molar refractivity (Wildman–Crippen MR) is 92.6 cm³/mol. The summed E-state index contributed by atoms with van der Waals surface area (Å²) in [5, 5.41) is 4.78. The fourth-order valence-electron chi connectivity index (χ4n) is 3.18. The van der Waals surface area contributed by atoms with Crippen molar-refractivity contribution in [3.8, 4) is 0 Å². The monoisotopic (exact) mass is 458 g/mol. The lowest BCUT2D eigenvalue weighted by Crippen LogP contribution is -2.19. The molecule has 3 rings (SSSR count). The third-order valence-electron chi connectivity index (χ3n) is 4.62. The van der Waals surface area contributed by atoms with Gasteiger partial charge in [0.25, 0.3) is 0 Å². The molecule has 0 bridgehead atoms. The molecule has 0 atom stereocenters. The van der Waals surface area contributed by atoms with Crippen molar-refractivity contribution in [3.63, 3.8) is 0 Å². The standard InChI is InChI=1S/C18H15F9N4/c19-16(20,21)9-5-6-12(11(7-9)17(22,23)24)29-14-8-13(18(25,26)27)30-15(31-14)28-10-3-1-2-4-10/h5-8,10H,1-4H2,(H2,28,29,30,31). The summed E-state index contributed by atoms with van der Waals surface area (Å²) in [5.74, 6) is -1.09. The van der Waals surface area contributed by atoms with Gasteiger partial charge in [-0.1, -0.05) is 12.8 Å². The van der Waals surface area contributed by atoms with Crippen LogP contribution in [0.3, 0.4) is 0 Å². The highest BCUT2D eigenvalue weighted by Crippen LogP contribution is 2.40. The van der Waals surface area contributed by atoms with Crippen LogP contribution in [0.5, 0.6) is 0 Å². The smallest absolute Gasteiger partial charge is 0.351 e. The Kier molecular flexibility index (Phi) is 5.98. The van der Waals surface area contributed by atoms with Crippen molar-refractivity contribution in [3.05, 3.63) is 41.1 Å². The Morgan fingerprint density at radius 1 is 0.774 bits per heavy atom. The number of alkyl halides is 9. The van der Waals surface area contributed by atoms with Gasteiger partial charge in [-0.3, -0.25) is 0 Å². The summed E-state index contributed by atoms with van der Waals surface area (Å²) in [6.45, 7) is 0. The van der Waals surface area contributed by atoms with Gasteiger partial charge in [0.2, 0.25) is 5.95 Å². The molecule has 4 nitrogen and oxygen atoms in total. The van der Waals surface area contributed by atoms with Gasteiger partial charge in [0.15, 0.2) is 5.69 Å². The third kappa shape index (κ3) is 5.70. The number of hydrogen-bond acceptors (Lipinski definition) is 4. The van der Waals surface area contributed by atoms with Crippen molar-refractivity contribution >= 4 is 17.5 Å². The zero-order valence-corrected chi connectivity index (χ0v) is 15.5. The van der Waals surface area contributed by atoms with E-state index in [1.165, 1.54) is 0 Å². The topological polar surface area (TPSA) is 49.8 Å². The van der Waals surface area contributed by atoms with Crippen LogP contribution in [0.2, 0.25) is 0 Å². The third-order valence-corrected chi connectivity index (χ3v) is 4.62. The second-order valence-corrected chi connectivity index (χ2v) is 6.97. The molecule has 1 aromatic heterocycles. The quantitative estimate of drug-likeness (QED) is 0.505. The molecule has 0 spiro atoms. The van der Waals surface area contributed by atoms with Crippen LogP contribution in [0, 0.1) is 0 Å². The van der Waals surface area contributed by atoms with Crippen LogP contribution in [0.15, 0.2) is 24.3 Å². The molecule has 1 heterocycles. The van der Waals surface area contributed by atoms with Gasteiger partial charge in [0.1, 0.15) is 5.82 Å². The molecule has 1 aliphatic carbocycles. The van der Waals surface area contributed by atoms with Crippen LogP contribution in [0.25, 0.3) is 0 Å². The molecule has 0 saturated heterocycles. The van der Waals surface area contributed by atoms with E-state index < -0.39 is 52.8 Å². The summed E-state index contributed by atoms with van der Waals surface area (Å²) in [6, 6.07) is 0.962. The highest BCUT2D eigenvalue weighted by atomic mass is 19.4. The maximum atomic E-state index is 13.3. The molecule has 170 valence electrons. The number of nitrogens with zero attached hydrogens (tertiary/aromatic N) is 2. The van der Waals surface area contributed by atoms with Gasteiger partial charge in [0, 0.05) is 12.1 Å². The first-order valence-corrected chi connectivity index (χ1v) is 9.02. The number of halogens is 9. The molecule has 1 fully saturated rings. The van der Waals surface area contributed by atoms with Crippen molar-refractivity contribution in [2.24, 2.45) is 0 Å². The highest BCUT2D eigenvalue weighted by Gasteiger charge is 2.39. The van der Waals surface area contributed by atoms with E-state index >= 15 is 0 Å². The van der Waals surface area contributed by atoms with Crippen LogP contribution in [-0.2, 0) is 18.5 Å². The first-order chi connectivity index (χ1) is 14.2. The van der Waals surface area contributed by atoms with E-state index in [0.29, 0.717) is 31.0 Å². The second kappa shape index (κ2) is 8.08. The van der Waals surface area contributed by atoms with E-state index in [0.717, 1.165) is 12.8 Å². The van der Waals surface area contributed by atoms with Crippen molar-refractivity contribution < 1.29 is 39.5 Å². The molecule has 0 radical (unpaired) electrons. The number of rotatable bonds is 4. The molecular formula is C18H15F9N4. The van der Waals surface area contributed by atoms with Gasteiger partial charge in [-0.25, -0.2) is 4.98 Å². The molecule has 2 aromatic rings. The minimum Gasteiger partial charge on any atom is -0.351 e. The molecule has 0 unspecified atom stereocenters. The molecule has 31 heavy (non-hydrogen) atoms. The van der Waals surface area contributed by atoms with E-state index in [-0.39, 0.29) is 12.1 Å². The maximum Gasteiger partial charge on any atom is 0.433 e. The Morgan fingerprint density at radius 3 is 1.97 bits per heavy atom. The minimum atomic E-state index is -5.20. The Morgan fingerprint density at radius 2 is 1.42 bits per heavy atom. The van der Waals surface area contributed by atoms with Crippen molar-refractivity contribution in [1.29, 1.82) is 0 Å². The van der Waals surface area contributed by atoms with Crippen LogP contribution in [0.4, 0.5) is 57.0 Å². The zero-order chi connectivity index (χ0) is 23.0. The first kappa shape index (κ1) is 22.9. The number of benzene rings is 1.